The third-order valence-electron chi connectivity index (χ3n) is 4.62. The van der Waals surface area contributed by atoms with Crippen molar-refractivity contribution in [3.8, 4) is 0 Å². The lowest BCUT2D eigenvalue weighted by molar-refractivity contribution is 0.0711. The molecule has 4 rings (SSSR count). The first kappa shape index (κ1) is 19.4. The van der Waals surface area contributed by atoms with Gasteiger partial charge in [-0.15, -0.1) is 0 Å². The van der Waals surface area contributed by atoms with Gasteiger partial charge in [0.1, 0.15) is 0 Å². The van der Waals surface area contributed by atoms with E-state index < -0.39 is 0 Å². The summed E-state index contributed by atoms with van der Waals surface area (Å²) in [5.74, 6) is -0.145. The van der Waals surface area contributed by atoms with Gasteiger partial charge in [0.2, 0.25) is 0 Å². The van der Waals surface area contributed by atoms with Gasteiger partial charge < -0.3 is 0 Å². The zero-order valence-electron chi connectivity index (χ0n) is 14.6. The maximum Gasteiger partial charge on any atom is 0.274 e. The lowest BCUT2D eigenvalue weighted by Crippen LogP contribution is -2.27. The Bertz CT molecular complexity index is 1050. The monoisotopic (exact) mass is 516 g/mol. The third-order valence-corrected chi connectivity index (χ3v) is 5.89. The van der Waals surface area contributed by atoms with Crippen molar-refractivity contribution in [1.29, 1.82) is 0 Å². The van der Waals surface area contributed by atoms with E-state index in [1.807, 2.05) is 48.5 Å². The molecule has 3 aromatic rings. The Morgan fingerprint density at radius 3 is 2.36 bits per heavy atom. The number of hydrazone groups is 1. The van der Waals surface area contributed by atoms with Crippen molar-refractivity contribution in [1.82, 2.24) is 5.01 Å². The molecule has 6 heteroatoms. The van der Waals surface area contributed by atoms with E-state index in [9.17, 15) is 4.79 Å². The Hall–Kier alpha value is -1.95. The maximum atomic E-state index is 13.2. The summed E-state index contributed by atoms with van der Waals surface area (Å²) in [6.07, 6.45) is 0.650. The van der Waals surface area contributed by atoms with Crippen molar-refractivity contribution in [2.45, 2.75) is 12.5 Å². The number of halogens is 3. The summed E-state index contributed by atoms with van der Waals surface area (Å²) < 4.78 is 1.98. The predicted molar refractivity (Wildman–Crippen MR) is 120 cm³/mol. The minimum atomic E-state index is -0.167. The number of rotatable bonds is 3. The fraction of sp³-hybridized carbons (Fsp3) is 0.0909. The third kappa shape index (κ3) is 4.07. The number of carbonyl (C=O) groups excluding carboxylic acids is 1. The first-order valence-electron chi connectivity index (χ1n) is 8.69. The molecule has 0 bridgehead atoms. The Balaban J connectivity index is 1.73. The minimum absolute atomic E-state index is 0.145. The molecule has 0 aliphatic carbocycles. The summed E-state index contributed by atoms with van der Waals surface area (Å²) in [7, 11) is 0. The van der Waals surface area contributed by atoms with Crippen LogP contribution in [0.4, 0.5) is 0 Å². The molecule has 0 fully saturated rings. The molecule has 0 unspecified atom stereocenters. The molecule has 0 N–H and O–H groups in total. The van der Waals surface area contributed by atoms with Gasteiger partial charge in [-0.1, -0.05) is 67.7 Å². The molecule has 0 radical (unpaired) electrons. The molecule has 0 saturated heterocycles. The molecular weight excluding hydrogens is 504 g/mol. The van der Waals surface area contributed by atoms with Crippen LogP contribution in [0.5, 0.6) is 0 Å². The van der Waals surface area contributed by atoms with Gasteiger partial charge in [0, 0.05) is 26.0 Å². The summed E-state index contributed by atoms with van der Waals surface area (Å²) >= 11 is 13.0. The first-order valence-corrected chi connectivity index (χ1v) is 10.7. The number of nitrogens with zero attached hydrogens (tertiary/aromatic N) is 2. The Labute approximate surface area is 185 Å². The quantitative estimate of drug-likeness (QED) is 0.373. The molecule has 1 aliphatic rings. The summed E-state index contributed by atoms with van der Waals surface area (Å²) in [6.45, 7) is 0. The van der Waals surface area contributed by atoms with Crippen molar-refractivity contribution in [2.75, 3.05) is 0 Å². The number of hydrogen-bond donors (Lipinski definition) is 0. The largest absolute Gasteiger partial charge is 0.274 e. The molecule has 140 valence electrons. The average molecular weight is 519 g/mol. The Kier molecular flexibility index (Phi) is 5.67. The number of carbonyl (C=O) groups is 1. The van der Waals surface area contributed by atoms with Gasteiger partial charge in [-0.2, -0.15) is 5.10 Å². The van der Waals surface area contributed by atoms with Gasteiger partial charge in [0.05, 0.1) is 11.8 Å². The highest BCUT2D eigenvalue weighted by Gasteiger charge is 2.33. The molecule has 0 spiro atoms. The smallest absolute Gasteiger partial charge is 0.267 e. The molecule has 3 nitrogen and oxygen atoms in total. The van der Waals surface area contributed by atoms with Gasteiger partial charge in [0.25, 0.3) is 5.91 Å². The lowest BCUT2D eigenvalue weighted by atomic mass is 9.98. The standard InChI is InChI=1S/C22H15Br2ClN2O/c23-17-8-4-14(5-9-17)20-13-21(16-2-1-3-18(24)12-16)27(26-20)22(28)15-6-10-19(25)11-7-15/h1-12,21H,13H2/t21-/m1/s1. The normalized spacial score (nSPS) is 16.2. The topological polar surface area (TPSA) is 32.7 Å². The molecule has 1 amide bonds. The van der Waals surface area contributed by atoms with E-state index in [2.05, 4.69) is 31.9 Å². The Morgan fingerprint density at radius 1 is 0.964 bits per heavy atom. The number of benzene rings is 3. The molecule has 28 heavy (non-hydrogen) atoms. The second-order valence-corrected chi connectivity index (χ2v) is 8.75. The van der Waals surface area contributed by atoms with Crippen molar-refractivity contribution in [2.24, 2.45) is 5.10 Å². The summed E-state index contributed by atoms with van der Waals surface area (Å²) in [5.41, 5.74) is 3.49. The van der Waals surface area contributed by atoms with Crippen LogP contribution in [-0.4, -0.2) is 16.6 Å². The van der Waals surface area contributed by atoms with Crippen LogP contribution in [0, 0.1) is 0 Å². The fourth-order valence-corrected chi connectivity index (χ4v) is 4.02. The van der Waals surface area contributed by atoms with E-state index in [0.29, 0.717) is 17.0 Å². The van der Waals surface area contributed by atoms with Crippen molar-refractivity contribution in [3.63, 3.8) is 0 Å². The zero-order valence-corrected chi connectivity index (χ0v) is 18.6. The maximum absolute atomic E-state index is 13.2. The zero-order chi connectivity index (χ0) is 19.7. The molecule has 3 aromatic carbocycles. The van der Waals surface area contributed by atoms with Gasteiger partial charge in [-0.25, -0.2) is 5.01 Å². The van der Waals surface area contributed by atoms with Crippen LogP contribution in [0.25, 0.3) is 0 Å². The van der Waals surface area contributed by atoms with E-state index in [4.69, 9.17) is 16.7 Å². The van der Waals surface area contributed by atoms with Gasteiger partial charge in [-0.05, 0) is 59.7 Å². The second kappa shape index (κ2) is 8.19. The van der Waals surface area contributed by atoms with Crippen LogP contribution in [0.1, 0.15) is 33.9 Å². The van der Waals surface area contributed by atoms with E-state index in [1.165, 1.54) is 0 Å². The number of hydrogen-bond acceptors (Lipinski definition) is 2. The van der Waals surface area contributed by atoms with E-state index >= 15 is 0 Å². The minimum Gasteiger partial charge on any atom is -0.267 e. The van der Waals surface area contributed by atoms with Crippen LogP contribution < -0.4 is 0 Å². The van der Waals surface area contributed by atoms with Crippen molar-refractivity contribution >= 4 is 55.1 Å². The molecule has 1 atom stereocenters. The number of amides is 1. The molecular formula is C22H15Br2ClN2O. The van der Waals surface area contributed by atoms with Gasteiger partial charge in [-0.3, -0.25) is 4.79 Å². The van der Waals surface area contributed by atoms with Gasteiger partial charge in [0.15, 0.2) is 0 Å². The molecule has 1 aliphatic heterocycles. The lowest BCUT2D eigenvalue weighted by Gasteiger charge is -2.22. The summed E-state index contributed by atoms with van der Waals surface area (Å²) in [4.78, 5) is 13.2. The molecule has 0 aromatic heterocycles. The van der Waals surface area contributed by atoms with E-state index in [0.717, 1.165) is 25.8 Å². The highest BCUT2D eigenvalue weighted by atomic mass is 79.9. The summed E-state index contributed by atoms with van der Waals surface area (Å²) in [5, 5.41) is 6.89. The molecule has 0 saturated carbocycles. The van der Waals surface area contributed by atoms with E-state index in [-0.39, 0.29) is 11.9 Å². The van der Waals surface area contributed by atoms with Crippen LogP contribution in [-0.2, 0) is 0 Å². The fourth-order valence-electron chi connectivity index (χ4n) is 3.21. The first-order chi connectivity index (χ1) is 13.5. The van der Waals surface area contributed by atoms with Crippen molar-refractivity contribution < 1.29 is 4.79 Å². The molecule has 1 heterocycles. The SMILES string of the molecule is O=C(c1ccc(Cl)cc1)N1N=C(c2ccc(Br)cc2)C[C@@H]1c1cccc(Br)c1. The van der Waals surface area contributed by atoms with Crippen LogP contribution in [0.3, 0.4) is 0 Å². The van der Waals surface area contributed by atoms with Crippen molar-refractivity contribution in [3.05, 3.63) is 103 Å². The van der Waals surface area contributed by atoms with E-state index in [1.54, 1.807) is 29.3 Å². The van der Waals surface area contributed by atoms with Gasteiger partial charge >= 0.3 is 0 Å². The average Bonchev–Trinajstić information content (AvgIpc) is 3.14. The predicted octanol–water partition coefficient (Wildman–Crippen LogP) is 6.86. The van der Waals surface area contributed by atoms with Crippen LogP contribution in [0.15, 0.2) is 86.8 Å². The highest BCUT2D eigenvalue weighted by Crippen LogP contribution is 2.35. The second-order valence-electron chi connectivity index (χ2n) is 6.49. The van der Waals surface area contributed by atoms with Crippen LogP contribution >= 0.6 is 43.5 Å². The Morgan fingerprint density at radius 2 is 1.68 bits per heavy atom. The summed E-state index contributed by atoms with van der Waals surface area (Å²) in [6, 6.07) is 22.7. The highest BCUT2D eigenvalue weighted by molar-refractivity contribution is 9.10. The van der Waals surface area contributed by atoms with Crippen LogP contribution in [0.2, 0.25) is 5.02 Å².